The number of carboxylic acids is 1. The van der Waals surface area contributed by atoms with Gasteiger partial charge in [0.1, 0.15) is 0 Å². The Labute approximate surface area is 71.8 Å². The average molecular weight is 164 g/mol. The molecular formula is C10H12O2. The van der Waals surface area contributed by atoms with Crippen molar-refractivity contribution in [3.8, 4) is 0 Å². The molecule has 0 heterocycles. The molecule has 1 aromatic rings. The predicted octanol–water partition coefficient (Wildman–Crippen LogP) is 2.26. The van der Waals surface area contributed by atoms with Gasteiger partial charge in [-0.1, -0.05) is 19.1 Å². The Hall–Kier alpha value is -1.31. The summed E-state index contributed by atoms with van der Waals surface area (Å²) in [7, 11) is 0. The van der Waals surface area contributed by atoms with E-state index < -0.39 is 5.97 Å². The van der Waals surface area contributed by atoms with Crippen molar-refractivity contribution in [2.75, 3.05) is 0 Å². The molecule has 0 aliphatic carbocycles. The highest BCUT2D eigenvalue weighted by molar-refractivity contribution is 5.89. The molecule has 1 N–H and O–H groups in total. The number of carboxylic acid groups (broad SMARTS) is 1. The third kappa shape index (κ3) is 1.47. The Morgan fingerprint density at radius 3 is 2.58 bits per heavy atom. The number of aromatic carboxylic acids is 1. The van der Waals surface area contributed by atoms with Gasteiger partial charge in [0.05, 0.1) is 5.56 Å². The van der Waals surface area contributed by atoms with Crippen LogP contribution in [-0.4, -0.2) is 11.1 Å². The summed E-state index contributed by atoms with van der Waals surface area (Å²) in [5.41, 5.74) is 2.42. The van der Waals surface area contributed by atoms with Crippen molar-refractivity contribution in [2.45, 2.75) is 20.3 Å². The highest BCUT2D eigenvalue weighted by Gasteiger charge is 2.08. The van der Waals surface area contributed by atoms with Gasteiger partial charge in [-0.05, 0) is 30.5 Å². The van der Waals surface area contributed by atoms with Crippen LogP contribution in [0, 0.1) is 6.92 Å². The summed E-state index contributed by atoms with van der Waals surface area (Å²) in [4.78, 5) is 10.7. The number of aryl methyl sites for hydroxylation is 1. The maximum Gasteiger partial charge on any atom is 0.335 e. The van der Waals surface area contributed by atoms with Gasteiger partial charge in [0.2, 0.25) is 0 Å². The minimum atomic E-state index is -0.837. The van der Waals surface area contributed by atoms with Gasteiger partial charge < -0.3 is 5.11 Å². The van der Waals surface area contributed by atoms with Gasteiger partial charge in [0, 0.05) is 0 Å². The van der Waals surface area contributed by atoms with E-state index in [-0.39, 0.29) is 0 Å². The van der Waals surface area contributed by atoms with E-state index in [1.165, 1.54) is 0 Å². The van der Waals surface area contributed by atoms with Gasteiger partial charge in [-0.15, -0.1) is 0 Å². The third-order valence-electron chi connectivity index (χ3n) is 1.99. The van der Waals surface area contributed by atoms with E-state index in [1.807, 2.05) is 19.9 Å². The van der Waals surface area contributed by atoms with Crippen LogP contribution in [0.3, 0.4) is 0 Å². The summed E-state index contributed by atoms with van der Waals surface area (Å²) >= 11 is 0. The molecule has 0 aliphatic heterocycles. The zero-order chi connectivity index (χ0) is 9.14. The third-order valence-corrected chi connectivity index (χ3v) is 1.99. The van der Waals surface area contributed by atoms with Crippen LogP contribution in [0.25, 0.3) is 0 Å². The van der Waals surface area contributed by atoms with Crippen molar-refractivity contribution in [3.05, 3.63) is 34.9 Å². The zero-order valence-corrected chi connectivity index (χ0v) is 7.29. The molecule has 0 saturated heterocycles. The fourth-order valence-electron chi connectivity index (χ4n) is 1.37. The lowest BCUT2D eigenvalue weighted by molar-refractivity contribution is 0.0695. The van der Waals surface area contributed by atoms with Crippen LogP contribution in [-0.2, 0) is 6.42 Å². The van der Waals surface area contributed by atoms with Gasteiger partial charge in [-0.2, -0.15) is 0 Å². The maximum absolute atomic E-state index is 10.7. The fourth-order valence-corrected chi connectivity index (χ4v) is 1.37. The van der Waals surface area contributed by atoms with Gasteiger partial charge >= 0.3 is 5.97 Å². The van der Waals surface area contributed by atoms with E-state index >= 15 is 0 Å². The molecule has 0 fully saturated rings. The van der Waals surface area contributed by atoms with Crippen LogP contribution >= 0.6 is 0 Å². The van der Waals surface area contributed by atoms with Crippen molar-refractivity contribution in [1.29, 1.82) is 0 Å². The fraction of sp³-hybridized carbons (Fsp3) is 0.300. The molecule has 1 rings (SSSR count). The highest BCUT2D eigenvalue weighted by Crippen LogP contribution is 2.14. The van der Waals surface area contributed by atoms with E-state index in [1.54, 1.807) is 12.1 Å². The van der Waals surface area contributed by atoms with Gasteiger partial charge in [0.25, 0.3) is 0 Å². The van der Waals surface area contributed by atoms with Crippen molar-refractivity contribution >= 4 is 5.97 Å². The SMILES string of the molecule is CCc1c(C)cccc1C(=O)O. The van der Waals surface area contributed by atoms with Gasteiger partial charge in [-0.25, -0.2) is 4.79 Å². The smallest absolute Gasteiger partial charge is 0.335 e. The summed E-state index contributed by atoms with van der Waals surface area (Å²) in [6.07, 6.45) is 0.772. The molecule has 12 heavy (non-hydrogen) atoms. The van der Waals surface area contributed by atoms with E-state index in [0.29, 0.717) is 5.56 Å². The Morgan fingerprint density at radius 2 is 2.17 bits per heavy atom. The van der Waals surface area contributed by atoms with Crippen LogP contribution in [0.4, 0.5) is 0 Å². The molecule has 64 valence electrons. The van der Waals surface area contributed by atoms with Crippen molar-refractivity contribution in [1.82, 2.24) is 0 Å². The number of rotatable bonds is 2. The minimum Gasteiger partial charge on any atom is -0.478 e. The van der Waals surface area contributed by atoms with E-state index in [4.69, 9.17) is 5.11 Å². The molecule has 2 heteroatoms. The summed E-state index contributed by atoms with van der Waals surface area (Å²) in [5.74, 6) is -0.837. The summed E-state index contributed by atoms with van der Waals surface area (Å²) < 4.78 is 0. The van der Waals surface area contributed by atoms with Crippen LogP contribution in [0.5, 0.6) is 0 Å². The lowest BCUT2D eigenvalue weighted by Crippen LogP contribution is -2.02. The van der Waals surface area contributed by atoms with Crippen molar-refractivity contribution < 1.29 is 9.90 Å². The molecule has 0 atom stereocenters. The van der Waals surface area contributed by atoms with Crippen molar-refractivity contribution in [3.63, 3.8) is 0 Å². The van der Waals surface area contributed by atoms with E-state index in [0.717, 1.165) is 17.5 Å². The Bertz CT molecular complexity index is 303. The predicted molar refractivity (Wildman–Crippen MR) is 47.5 cm³/mol. The van der Waals surface area contributed by atoms with Crippen LogP contribution in [0.2, 0.25) is 0 Å². The zero-order valence-electron chi connectivity index (χ0n) is 7.29. The van der Waals surface area contributed by atoms with Gasteiger partial charge in [0.15, 0.2) is 0 Å². The van der Waals surface area contributed by atoms with Crippen LogP contribution in [0.15, 0.2) is 18.2 Å². The summed E-state index contributed by atoms with van der Waals surface area (Å²) in [5, 5.41) is 8.82. The molecule has 2 nitrogen and oxygen atoms in total. The molecular weight excluding hydrogens is 152 g/mol. The molecule has 0 saturated carbocycles. The average Bonchev–Trinajstić information content (AvgIpc) is 2.03. The Morgan fingerprint density at radius 1 is 1.50 bits per heavy atom. The normalized spacial score (nSPS) is 9.83. The van der Waals surface area contributed by atoms with Gasteiger partial charge in [-0.3, -0.25) is 0 Å². The second-order valence-corrected chi connectivity index (χ2v) is 2.76. The lowest BCUT2D eigenvalue weighted by Gasteiger charge is -2.05. The number of hydrogen-bond acceptors (Lipinski definition) is 1. The molecule has 0 radical (unpaired) electrons. The molecule has 0 unspecified atom stereocenters. The second kappa shape index (κ2) is 3.39. The monoisotopic (exact) mass is 164 g/mol. The first kappa shape index (κ1) is 8.78. The lowest BCUT2D eigenvalue weighted by atomic mass is 10.00. The minimum absolute atomic E-state index is 0.428. The maximum atomic E-state index is 10.7. The first-order valence-electron chi connectivity index (χ1n) is 3.98. The highest BCUT2D eigenvalue weighted by atomic mass is 16.4. The summed E-state index contributed by atoms with van der Waals surface area (Å²) in [6.45, 7) is 3.90. The van der Waals surface area contributed by atoms with E-state index in [2.05, 4.69) is 0 Å². The molecule has 0 aromatic heterocycles. The molecule has 0 spiro atoms. The Kier molecular flexibility index (Phi) is 2.48. The largest absolute Gasteiger partial charge is 0.478 e. The topological polar surface area (TPSA) is 37.3 Å². The molecule has 0 amide bonds. The Balaban J connectivity index is 3.27. The number of hydrogen-bond donors (Lipinski definition) is 1. The molecule has 0 aliphatic rings. The second-order valence-electron chi connectivity index (χ2n) is 2.76. The van der Waals surface area contributed by atoms with Crippen molar-refractivity contribution in [2.24, 2.45) is 0 Å². The van der Waals surface area contributed by atoms with Crippen LogP contribution in [0.1, 0.15) is 28.4 Å². The van der Waals surface area contributed by atoms with Crippen LogP contribution < -0.4 is 0 Å². The first-order valence-corrected chi connectivity index (χ1v) is 3.98. The summed E-state index contributed by atoms with van der Waals surface area (Å²) in [6, 6.07) is 5.36. The number of benzene rings is 1. The number of carbonyl (C=O) groups is 1. The first-order chi connectivity index (χ1) is 5.66. The standard InChI is InChI=1S/C10H12O2/c1-3-8-7(2)5-4-6-9(8)10(11)12/h4-6H,3H2,1-2H3,(H,11,12). The van der Waals surface area contributed by atoms with E-state index in [9.17, 15) is 4.79 Å². The molecule has 0 bridgehead atoms. The molecule has 1 aromatic carbocycles. The quantitative estimate of drug-likeness (QED) is 0.727.